The van der Waals surface area contributed by atoms with Crippen LogP contribution >= 0.6 is 0 Å². The highest BCUT2D eigenvalue weighted by Gasteiger charge is 2.41. The van der Waals surface area contributed by atoms with Crippen molar-refractivity contribution >= 4 is 17.3 Å². The van der Waals surface area contributed by atoms with Crippen molar-refractivity contribution < 1.29 is 27.6 Å². The molecule has 2 rings (SSSR count). The van der Waals surface area contributed by atoms with Crippen LogP contribution in [0.1, 0.15) is 32.3 Å². The number of nitro groups is 1. The molecule has 0 spiro atoms. The second kappa shape index (κ2) is 7.13. The lowest BCUT2D eigenvalue weighted by molar-refractivity contribution is -0.388. The minimum atomic E-state index is -4.82. The molecular formula is C17H21F3N2O4. The molecule has 1 aromatic rings. The zero-order valence-electron chi connectivity index (χ0n) is 14.8. The molecule has 1 aliphatic heterocycles. The molecule has 1 atom stereocenters. The number of ether oxygens (including phenoxy) is 1. The summed E-state index contributed by atoms with van der Waals surface area (Å²) in [5, 5.41) is 10.9. The van der Waals surface area contributed by atoms with E-state index in [-0.39, 0.29) is 17.6 Å². The largest absolute Gasteiger partial charge is 0.469 e. The molecule has 6 nitrogen and oxygen atoms in total. The number of piperidine rings is 1. The average molecular weight is 374 g/mol. The van der Waals surface area contributed by atoms with Gasteiger partial charge in [0.1, 0.15) is 5.56 Å². The Bertz CT molecular complexity index is 704. The third-order valence-electron chi connectivity index (χ3n) is 5.00. The fourth-order valence-electron chi connectivity index (χ4n) is 3.34. The van der Waals surface area contributed by atoms with E-state index in [0.29, 0.717) is 19.5 Å². The number of hydrogen-bond acceptors (Lipinski definition) is 5. The monoisotopic (exact) mass is 374 g/mol. The van der Waals surface area contributed by atoms with Crippen molar-refractivity contribution in [2.75, 3.05) is 25.1 Å². The summed E-state index contributed by atoms with van der Waals surface area (Å²) < 4.78 is 44.4. The van der Waals surface area contributed by atoms with Crippen LogP contribution in [0.4, 0.5) is 24.5 Å². The molecule has 1 fully saturated rings. The van der Waals surface area contributed by atoms with E-state index in [1.54, 1.807) is 18.7 Å². The smallest absolute Gasteiger partial charge is 0.423 e. The van der Waals surface area contributed by atoms with Gasteiger partial charge >= 0.3 is 12.1 Å². The van der Waals surface area contributed by atoms with Crippen LogP contribution in [-0.2, 0) is 15.7 Å². The average Bonchev–Trinajstić information content (AvgIpc) is 2.59. The Morgan fingerprint density at radius 2 is 2.00 bits per heavy atom. The van der Waals surface area contributed by atoms with Gasteiger partial charge in [0.05, 0.1) is 17.4 Å². The maximum absolute atomic E-state index is 13.2. The van der Waals surface area contributed by atoms with E-state index in [2.05, 4.69) is 0 Å². The molecule has 1 saturated heterocycles. The van der Waals surface area contributed by atoms with E-state index in [4.69, 9.17) is 4.74 Å². The quantitative estimate of drug-likeness (QED) is 0.452. The van der Waals surface area contributed by atoms with Gasteiger partial charge in [-0.1, -0.05) is 0 Å². The Hall–Kier alpha value is -2.32. The number of anilines is 1. The molecule has 1 aromatic carbocycles. The molecule has 26 heavy (non-hydrogen) atoms. The number of carbonyl (C=O) groups excluding carboxylic acids is 1. The maximum atomic E-state index is 13.2. The zero-order chi connectivity index (χ0) is 19.7. The second-order valence-corrected chi connectivity index (χ2v) is 6.95. The predicted molar refractivity (Wildman–Crippen MR) is 88.8 cm³/mol. The molecule has 0 aromatic heterocycles. The summed E-state index contributed by atoms with van der Waals surface area (Å²) in [4.78, 5) is 23.6. The van der Waals surface area contributed by atoms with Crippen LogP contribution in [0.3, 0.4) is 0 Å². The third kappa shape index (κ3) is 3.91. The van der Waals surface area contributed by atoms with E-state index in [1.165, 1.54) is 13.2 Å². The van der Waals surface area contributed by atoms with Gasteiger partial charge in [-0.3, -0.25) is 14.9 Å². The molecule has 1 heterocycles. The number of hydrogen-bond donors (Lipinski definition) is 0. The molecule has 1 unspecified atom stereocenters. The standard InChI is InChI=1S/C17H21F3N2O4/c1-16(2,15(23)26-3)11-5-4-8-21(10-11)12-6-7-14(22(24)25)13(9-12)17(18,19)20/h6-7,9,11H,4-5,8,10H2,1-3H3. The van der Waals surface area contributed by atoms with Crippen molar-refractivity contribution in [1.82, 2.24) is 0 Å². The lowest BCUT2D eigenvalue weighted by Crippen LogP contribution is -2.45. The highest BCUT2D eigenvalue weighted by Crippen LogP contribution is 2.40. The van der Waals surface area contributed by atoms with Crippen molar-refractivity contribution in [3.05, 3.63) is 33.9 Å². The Labute approximate surface area is 149 Å². The minimum Gasteiger partial charge on any atom is -0.469 e. The maximum Gasteiger partial charge on any atom is 0.423 e. The molecule has 0 bridgehead atoms. The number of nitrogens with zero attached hydrogens (tertiary/aromatic N) is 2. The summed E-state index contributed by atoms with van der Waals surface area (Å²) in [7, 11) is 1.30. The first-order valence-electron chi connectivity index (χ1n) is 8.17. The van der Waals surface area contributed by atoms with Crippen molar-refractivity contribution in [3.63, 3.8) is 0 Å². The van der Waals surface area contributed by atoms with Gasteiger partial charge in [0, 0.05) is 24.8 Å². The van der Waals surface area contributed by atoms with Crippen molar-refractivity contribution in [1.29, 1.82) is 0 Å². The van der Waals surface area contributed by atoms with Gasteiger partial charge in [-0.2, -0.15) is 13.2 Å². The van der Waals surface area contributed by atoms with Crippen LogP contribution in [0.5, 0.6) is 0 Å². The fraction of sp³-hybridized carbons (Fsp3) is 0.588. The van der Waals surface area contributed by atoms with Crippen LogP contribution < -0.4 is 4.90 Å². The Kier molecular flexibility index (Phi) is 5.48. The molecule has 0 N–H and O–H groups in total. The zero-order valence-corrected chi connectivity index (χ0v) is 14.8. The molecule has 9 heteroatoms. The molecule has 0 saturated carbocycles. The van der Waals surface area contributed by atoms with Crippen LogP contribution in [-0.4, -0.2) is 31.1 Å². The summed E-state index contributed by atoms with van der Waals surface area (Å²) in [5.41, 5.74) is -2.76. The van der Waals surface area contributed by atoms with Gasteiger partial charge in [-0.05, 0) is 44.7 Å². The minimum absolute atomic E-state index is 0.103. The molecule has 1 aliphatic rings. The van der Waals surface area contributed by atoms with E-state index in [9.17, 15) is 28.1 Å². The summed E-state index contributed by atoms with van der Waals surface area (Å²) >= 11 is 0. The number of carbonyl (C=O) groups is 1. The summed E-state index contributed by atoms with van der Waals surface area (Å²) in [6, 6.07) is 3.01. The number of esters is 1. The lowest BCUT2D eigenvalue weighted by atomic mass is 9.74. The first-order valence-corrected chi connectivity index (χ1v) is 8.17. The molecular weight excluding hydrogens is 353 g/mol. The number of alkyl halides is 3. The third-order valence-corrected chi connectivity index (χ3v) is 5.00. The van der Waals surface area contributed by atoms with Crippen molar-refractivity contribution in [2.24, 2.45) is 11.3 Å². The van der Waals surface area contributed by atoms with Gasteiger partial charge in [0.25, 0.3) is 5.69 Å². The first-order chi connectivity index (χ1) is 12.0. The molecule has 0 aliphatic carbocycles. The van der Waals surface area contributed by atoms with Gasteiger partial charge < -0.3 is 9.64 Å². The summed E-state index contributed by atoms with van der Waals surface area (Å²) in [6.07, 6.45) is -3.37. The molecule has 0 amide bonds. The van der Waals surface area contributed by atoms with Gasteiger partial charge in [-0.25, -0.2) is 0 Å². The van der Waals surface area contributed by atoms with Crippen molar-refractivity contribution in [3.8, 4) is 0 Å². The fourth-order valence-corrected chi connectivity index (χ4v) is 3.34. The summed E-state index contributed by atoms with van der Waals surface area (Å²) in [6.45, 7) is 4.40. The number of nitro benzene ring substituents is 1. The number of rotatable bonds is 4. The second-order valence-electron chi connectivity index (χ2n) is 6.95. The number of halogens is 3. The lowest BCUT2D eigenvalue weighted by Gasteiger charge is -2.41. The van der Waals surface area contributed by atoms with Gasteiger partial charge in [-0.15, -0.1) is 0 Å². The van der Waals surface area contributed by atoms with Crippen LogP contribution in [0.15, 0.2) is 18.2 Å². The Morgan fingerprint density at radius 1 is 1.35 bits per heavy atom. The van der Waals surface area contributed by atoms with E-state index in [1.807, 2.05) is 0 Å². The van der Waals surface area contributed by atoms with Crippen LogP contribution in [0.25, 0.3) is 0 Å². The highest BCUT2D eigenvalue weighted by molar-refractivity contribution is 5.76. The SMILES string of the molecule is COC(=O)C(C)(C)C1CCCN(c2ccc([N+](=O)[O-])c(C(F)(F)F)c2)C1. The van der Waals surface area contributed by atoms with E-state index >= 15 is 0 Å². The van der Waals surface area contributed by atoms with Gasteiger partial charge in [0.15, 0.2) is 0 Å². The van der Waals surface area contributed by atoms with Crippen molar-refractivity contribution in [2.45, 2.75) is 32.9 Å². The first kappa shape index (κ1) is 20.0. The van der Waals surface area contributed by atoms with Crippen LogP contribution in [0.2, 0.25) is 0 Å². The van der Waals surface area contributed by atoms with Crippen LogP contribution in [0, 0.1) is 21.4 Å². The van der Waals surface area contributed by atoms with E-state index < -0.39 is 27.8 Å². The normalized spacial score (nSPS) is 18.5. The summed E-state index contributed by atoms with van der Waals surface area (Å²) in [5.74, 6) is -0.475. The number of methoxy groups -OCH3 is 1. The predicted octanol–water partition coefficient (Wildman–Crippen LogP) is 4.03. The highest BCUT2D eigenvalue weighted by atomic mass is 19.4. The number of benzene rings is 1. The topological polar surface area (TPSA) is 72.7 Å². The van der Waals surface area contributed by atoms with E-state index in [0.717, 1.165) is 18.6 Å². The Balaban J connectivity index is 2.34. The molecule has 144 valence electrons. The Morgan fingerprint density at radius 3 is 2.54 bits per heavy atom. The molecule has 0 radical (unpaired) electrons. The van der Waals surface area contributed by atoms with Gasteiger partial charge in [0.2, 0.25) is 0 Å².